The van der Waals surface area contributed by atoms with E-state index in [1.165, 1.54) is 11.8 Å². The maximum Gasteiger partial charge on any atom is 0.270 e. The van der Waals surface area contributed by atoms with Crippen molar-refractivity contribution < 1.29 is 14.3 Å². The van der Waals surface area contributed by atoms with E-state index < -0.39 is 0 Å². The molecule has 4 nitrogen and oxygen atoms in total. The van der Waals surface area contributed by atoms with E-state index in [2.05, 4.69) is 15.9 Å². The number of aryl methyl sites for hydroxylation is 2. The first-order valence-electron chi connectivity index (χ1n) is 8.71. The van der Waals surface area contributed by atoms with Gasteiger partial charge in [-0.15, -0.1) is 0 Å². The lowest BCUT2D eigenvalue weighted by Gasteiger charge is -2.17. The quantitative estimate of drug-likeness (QED) is 0.397. The van der Waals surface area contributed by atoms with Crippen LogP contribution in [0.4, 0.5) is 5.69 Å². The summed E-state index contributed by atoms with van der Waals surface area (Å²) in [5.74, 6) is 1.14. The first kappa shape index (κ1) is 20.9. The maximum absolute atomic E-state index is 13.1. The number of methoxy groups -OCH3 is 1. The van der Waals surface area contributed by atoms with Crippen LogP contribution in [-0.2, 0) is 4.79 Å². The van der Waals surface area contributed by atoms with Crippen molar-refractivity contribution in [2.24, 2.45) is 0 Å². The van der Waals surface area contributed by atoms with E-state index in [1.807, 2.05) is 57.2 Å². The molecule has 0 radical (unpaired) electrons. The van der Waals surface area contributed by atoms with Gasteiger partial charge in [-0.05, 0) is 56.2 Å². The highest BCUT2D eigenvalue weighted by Gasteiger charge is 2.34. The van der Waals surface area contributed by atoms with Gasteiger partial charge >= 0.3 is 0 Å². The third-order valence-corrected chi connectivity index (χ3v) is 6.25. The van der Waals surface area contributed by atoms with E-state index in [0.717, 1.165) is 26.9 Å². The highest BCUT2D eigenvalue weighted by Crippen LogP contribution is 2.40. The van der Waals surface area contributed by atoms with E-state index in [4.69, 9.17) is 21.7 Å². The fraction of sp³-hybridized carbons (Fsp3) is 0.238. The Morgan fingerprint density at radius 1 is 1.21 bits per heavy atom. The average Bonchev–Trinajstić information content (AvgIpc) is 2.91. The number of nitrogens with zero attached hydrogens (tertiary/aromatic N) is 1. The predicted molar refractivity (Wildman–Crippen MR) is 123 cm³/mol. The summed E-state index contributed by atoms with van der Waals surface area (Å²) in [4.78, 5) is 15.2. The highest BCUT2D eigenvalue weighted by atomic mass is 79.9. The van der Waals surface area contributed by atoms with Crippen LogP contribution in [0.3, 0.4) is 0 Å². The van der Waals surface area contributed by atoms with Crippen molar-refractivity contribution in [3.05, 3.63) is 56.4 Å². The van der Waals surface area contributed by atoms with Gasteiger partial charge in [0.05, 0.1) is 24.3 Å². The van der Waals surface area contributed by atoms with Crippen molar-refractivity contribution in [3.63, 3.8) is 0 Å². The molecule has 1 aliphatic heterocycles. The number of hydrogen-bond donors (Lipinski definition) is 0. The molecule has 2 aromatic rings. The third kappa shape index (κ3) is 4.11. The van der Waals surface area contributed by atoms with Crippen LogP contribution in [0.5, 0.6) is 11.5 Å². The van der Waals surface area contributed by atoms with Gasteiger partial charge in [0.2, 0.25) is 0 Å². The lowest BCUT2D eigenvalue weighted by molar-refractivity contribution is -0.113. The minimum atomic E-state index is -0.123. The number of halogens is 1. The smallest absolute Gasteiger partial charge is 0.270 e. The minimum Gasteiger partial charge on any atom is -0.493 e. The predicted octanol–water partition coefficient (Wildman–Crippen LogP) is 5.88. The molecule has 1 amide bonds. The van der Waals surface area contributed by atoms with Crippen LogP contribution in [-0.4, -0.2) is 23.9 Å². The molecule has 7 heteroatoms. The van der Waals surface area contributed by atoms with E-state index in [-0.39, 0.29) is 5.91 Å². The molecule has 1 saturated heterocycles. The number of rotatable bonds is 5. The van der Waals surface area contributed by atoms with Crippen LogP contribution in [0.25, 0.3) is 6.08 Å². The molecule has 0 aliphatic carbocycles. The lowest BCUT2D eigenvalue weighted by atomic mass is 10.1. The van der Waals surface area contributed by atoms with Crippen molar-refractivity contribution in [3.8, 4) is 11.5 Å². The summed E-state index contributed by atoms with van der Waals surface area (Å²) in [6, 6.07) is 9.66. The van der Waals surface area contributed by atoms with Gasteiger partial charge in [-0.25, -0.2) is 0 Å². The largest absolute Gasteiger partial charge is 0.493 e. The molecule has 1 fully saturated rings. The van der Waals surface area contributed by atoms with Gasteiger partial charge in [0.1, 0.15) is 0 Å². The monoisotopic (exact) mass is 477 g/mol. The number of thioether (sulfide) groups is 1. The number of carbonyl (C=O) groups is 1. The summed E-state index contributed by atoms with van der Waals surface area (Å²) in [5, 5.41) is 0. The number of thiocarbonyl (C=S) groups is 1. The Labute approximate surface area is 183 Å². The second kappa shape index (κ2) is 8.68. The molecule has 0 aromatic heterocycles. The fourth-order valence-electron chi connectivity index (χ4n) is 2.96. The Kier molecular flexibility index (Phi) is 6.47. The van der Waals surface area contributed by atoms with Gasteiger partial charge in [-0.1, -0.05) is 57.6 Å². The van der Waals surface area contributed by atoms with E-state index in [1.54, 1.807) is 12.0 Å². The van der Waals surface area contributed by atoms with Crippen LogP contribution in [0.1, 0.15) is 23.6 Å². The molecular weight excluding hydrogens is 458 g/mol. The van der Waals surface area contributed by atoms with Crippen LogP contribution < -0.4 is 14.4 Å². The molecule has 0 saturated carbocycles. The van der Waals surface area contributed by atoms with Crippen LogP contribution in [0.15, 0.2) is 39.7 Å². The molecule has 0 bridgehead atoms. The van der Waals surface area contributed by atoms with Gasteiger partial charge in [0, 0.05) is 4.47 Å². The Hall–Kier alpha value is -1.83. The Morgan fingerprint density at radius 3 is 2.61 bits per heavy atom. The summed E-state index contributed by atoms with van der Waals surface area (Å²) in [6.45, 7) is 6.46. The first-order valence-corrected chi connectivity index (χ1v) is 10.7. The van der Waals surface area contributed by atoms with Crippen molar-refractivity contribution >= 4 is 61.9 Å². The standard InChI is InChI=1S/C21H20BrNO3S2/c1-5-26-18-11-15(22)14(9-17(18)25-4)10-19-20(24)23(21(27)28-19)16-7-6-12(2)8-13(16)3/h6-11H,5H2,1-4H3/b19-10+. The summed E-state index contributed by atoms with van der Waals surface area (Å²) in [6.07, 6.45) is 1.82. The third-order valence-electron chi connectivity index (χ3n) is 4.26. The zero-order chi connectivity index (χ0) is 20.4. The van der Waals surface area contributed by atoms with Gasteiger partial charge in [0.25, 0.3) is 5.91 Å². The van der Waals surface area contributed by atoms with Crippen molar-refractivity contribution in [1.29, 1.82) is 0 Å². The number of ether oxygens (including phenoxy) is 2. The van der Waals surface area contributed by atoms with Gasteiger partial charge in [0.15, 0.2) is 15.8 Å². The van der Waals surface area contributed by atoms with Gasteiger partial charge in [-0.3, -0.25) is 9.69 Å². The second-order valence-electron chi connectivity index (χ2n) is 6.26. The molecule has 0 N–H and O–H groups in total. The maximum atomic E-state index is 13.1. The normalized spacial score (nSPS) is 15.5. The second-order valence-corrected chi connectivity index (χ2v) is 8.79. The van der Waals surface area contributed by atoms with E-state index in [0.29, 0.717) is 27.3 Å². The minimum absolute atomic E-state index is 0.123. The SMILES string of the molecule is CCOc1cc(Br)c(/C=C2/SC(=S)N(c3ccc(C)cc3C)C2=O)cc1OC. The molecule has 3 rings (SSSR count). The molecule has 146 valence electrons. The van der Waals surface area contributed by atoms with Crippen molar-refractivity contribution in [1.82, 2.24) is 0 Å². The molecule has 1 aliphatic rings. The summed E-state index contributed by atoms with van der Waals surface area (Å²) in [7, 11) is 1.59. The summed E-state index contributed by atoms with van der Waals surface area (Å²) < 4.78 is 12.4. The number of hydrogen-bond acceptors (Lipinski definition) is 5. The molecular formula is C21H20BrNO3S2. The zero-order valence-electron chi connectivity index (χ0n) is 16.0. The van der Waals surface area contributed by atoms with Crippen molar-refractivity contribution in [2.75, 3.05) is 18.6 Å². The van der Waals surface area contributed by atoms with Crippen LogP contribution in [0.2, 0.25) is 0 Å². The Balaban J connectivity index is 1.98. The summed E-state index contributed by atoms with van der Waals surface area (Å²) >= 11 is 10.3. The number of anilines is 1. The van der Waals surface area contributed by atoms with Gasteiger partial charge < -0.3 is 9.47 Å². The molecule has 1 heterocycles. The molecule has 0 atom stereocenters. The van der Waals surface area contributed by atoms with Crippen molar-refractivity contribution in [2.45, 2.75) is 20.8 Å². The average molecular weight is 478 g/mol. The van der Waals surface area contributed by atoms with E-state index >= 15 is 0 Å². The molecule has 0 unspecified atom stereocenters. The molecule has 28 heavy (non-hydrogen) atoms. The molecule has 0 spiro atoms. The fourth-order valence-corrected chi connectivity index (χ4v) is 4.67. The first-order chi connectivity index (χ1) is 13.3. The number of amides is 1. The van der Waals surface area contributed by atoms with E-state index in [9.17, 15) is 4.79 Å². The van der Waals surface area contributed by atoms with Crippen LogP contribution in [0, 0.1) is 13.8 Å². The number of carbonyl (C=O) groups excluding carboxylic acids is 1. The van der Waals surface area contributed by atoms with Gasteiger partial charge in [-0.2, -0.15) is 0 Å². The molecule has 2 aromatic carbocycles. The highest BCUT2D eigenvalue weighted by molar-refractivity contribution is 9.10. The zero-order valence-corrected chi connectivity index (χ0v) is 19.3. The topological polar surface area (TPSA) is 38.8 Å². The summed E-state index contributed by atoms with van der Waals surface area (Å²) in [5.41, 5.74) is 3.80. The Morgan fingerprint density at radius 2 is 1.96 bits per heavy atom. The lowest BCUT2D eigenvalue weighted by Crippen LogP contribution is -2.28. The Bertz CT molecular complexity index is 988. The number of benzene rings is 2. The van der Waals surface area contributed by atoms with Crippen LogP contribution >= 0.6 is 39.9 Å².